The first-order chi connectivity index (χ1) is 14.4. The summed E-state index contributed by atoms with van der Waals surface area (Å²) in [5.74, 6) is 1.77. The van der Waals surface area contributed by atoms with Crippen LogP contribution in [0.15, 0.2) is 42.5 Å². The summed E-state index contributed by atoms with van der Waals surface area (Å²) in [7, 11) is 3.11. The van der Waals surface area contributed by atoms with E-state index in [1.807, 2.05) is 6.07 Å². The molecule has 4 rings (SSSR count). The summed E-state index contributed by atoms with van der Waals surface area (Å²) in [6.45, 7) is 0.673. The molecule has 5 nitrogen and oxygen atoms in total. The normalized spacial score (nSPS) is 13.9. The zero-order valence-electron chi connectivity index (χ0n) is 16.7. The summed E-state index contributed by atoms with van der Waals surface area (Å²) in [6, 6.07) is 10.8. The van der Waals surface area contributed by atoms with Crippen molar-refractivity contribution in [3.05, 3.63) is 53.6 Å². The van der Waals surface area contributed by atoms with Crippen molar-refractivity contribution in [3.63, 3.8) is 0 Å². The number of methoxy groups -OCH3 is 2. The van der Waals surface area contributed by atoms with E-state index in [1.165, 1.54) is 16.8 Å². The Balaban J connectivity index is 1.96. The molecular formula is C22H22F3N3O2. The maximum absolute atomic E-state index is 13.7. The Morgan fingerprint density at radius 2 is 1.83 bits per heavy atom. The first-order valence-electron chi connectivity index (χ1n) is 9.69. The van der Waals surface area contributed by atoms with E-state index in [1.54, 1.807) is 32.4 Å². The lowest BCUT2D eigenvalue weighted by Crippen LogP contribution is -2.14. The van der Waals surface area contributed by atoms with Gasteiger partial charge in [0.25, 0.3) is 0 Å². The highest BCUT2D eigenvalue weighted by Crippen LogP contribution is 2.41. The van der Waals surface area contributed by atoms with Gasteiger partial charge in [0, 0.05) is 23.7 Å². The van der Waals surface area contributed by atoms with Gasteiger partial charge in [0.15, 0.2) is 0 Å². The van der Waals surface area contributed by atoms with Crippen molar-refractivity contribution in [2.24, 2.45) is 0 Å². The first kappa shape index (κ1) is 20.1. The molecule has 0 atom stereocenters. The third kappa shape index (κ3) is 3.58. The van der Waals surface area contributed by atoms with Gasteiger partial charge in [-0.2, -0.15) is 18.3 Å². The standard InChI is InChI=1S/C22H22F3N3O2/c1-29-14-10-11-15(19(13-14)30-2)20-16-7-5-6-12-26-21(16)28(27-20)18-9-4-3-8-17(18)22(23,24)25/h3-4,8-11,13,26H,5-7,12H2,1-2H3. The number of rotatable bonds is 4. The Morgan fingerprint density at radius 1 is 1.03 bits per heavy atom. The molecule has 8 heteroatoms. The van der Waals surface area contributed by atoms with Gasteiger partial charge in [-0.15, -0.1) is 0 Å². The van der Waals surface area contributed by atoms with E-state index in [4.69, 9.17) is 9.47 Å². The number of nitrogens with zero attached hydrogens (tertiary/aromatic N) is 2. The van der Waals surface area contributed by atoms with Crippen LogP contribution < -0.4 is 14.8 Å². The average molecular weight is 417 g/mol. The van der Waals surface area contributed by atoms with Crippen LogP contribution in [0.25, 0.3) is 16.9 Å². The molecule has 158 valence electrons. The highest BCUT2D eigenvalue weighted by atomic mass is 19.4. The summed E-state index contributed by atoms with van der Waals surface area (Å²) >= 11 is 0. The van der Waals surface area contributed by atoms with E-state index in [2.05, 4.69) is 10.4 Å². The molecule has 0 amide bonds. The fraction of sp³-hybridized carbons (Fsp3) is 0.318. The van der Waals surface area contributed by atoms with Gasteiger partial charge in [0.1, 0.15) is 23.0 Å². The van der Waals surface area contributed by atoms with Crippen LogP contribution in [-0.4, -0.2) is 30.5 Å². The Kier molecular flexibility index (Phi) is 5.32. The lowest BCUT2D eigenvalue weighted by molar-refractivity contribution is -0.137. The Labute approximate surface area is 172 Å². The number of hydrogen-bond acceptors (Lipinski definition) is 4. The molecule has 1 aliphatic heterocycles. The summed E-state index contributed by atoms with van der Waals surface area (Å²) in [4.78, 5) is 0. The highest BCUT2D eigenvalue weighted by Gasteiger charge is 2.35. The molecule has 0 unspecified atom stereocenters. The maximum atomic E-state index is 13.7. The van der Waals surface area contributed by atoms with Crippen LogP contribution in [0.2, 0.25) is 0 Å². The average Bonchev–Trinajstić information content (AvgIpc) is 2.92. The molecule has 0 fully saturated rings. The quantitative estimate of drug-likeness (QED) is 0.624. The number of ether oxygens (including phenoxy) is 2. The van der Waals surface area contributed by atoms with Crippen LogP contribution in [0.1, 0.15) is 24.0 Å². The van der Waals surface area contributed by atoms with E-state index in [0.29, 0.717) is 41.5 Å². The largest absolute Gasteiger partial charge is 0.497 e. The second-order valence-electron chi connectivity index (χ2n) is 7.05. The second kappa shape index (κ2) is 7.93. The molecule has 3 aromatic rings. The van der Waals surface area contributed by atoms with Crippen LogP contribution in [0, 0.1) is 0 Å². The van der Waals surface area contributed by atoms with Gasteiger partial charge in [-0.1, -0.05) is 12.1 Å². The molecule has 0 radical (unpaired) electrons. The van der Waals surface area contributed by atoms with E-state index in [9.17, 15) is 13.2 Å². The molecule has 2 aromatic carbocycles. The van der Waals surface area contributed by atoms with E-state index in [-0.39, 0.29) is 5.69 Å². The molecule has 0 saturated heterocycles. The number of halogens is 3. The molecule has 0 aliphatic carbocycles. The monoisotopic (exact) mass is 417 g/mol. The van der Waals surface area contributed by atoms with Crippen LogP contribution in [0.5, 0.6) is 11.5 Å². The zero-order valence-corrected chi connectivity index (χ0v) is 16.7. The van der Waals surface area contributed by atoms with Crippen molar-refractivity contribution in [2.45, 2.75) is 25.4 Å². The van der Waals surface area contributed by atoms with Gasteiger partial charge >= 0.3 is 6.18 Å². The van der Waals surface area contributed by atoms with Crippen LogP contribution in [-0.2, 0) is 12.6 Å². The minimum Gasteiger partial charge on any atom is -0.497 e. The second-order valence-corrected chi connectivity index (χ2v) is 7.05. The van der Waals surface area contributed by atoms with E-state index < -0.39 is 11.7 Å². The summed E-state index contributed by atoms with van der Waals surface area (Å²) in [5.41, 5.74) is 1.47. The molecule has 0 bridgehead atoms. The van der Waals surface area contributed by atoms with Crippen molar-refractivity contribution in [1.82, 2.24) is 9.78 Å². The van der Waals surface area contributed by atoms with E-state index >= 15 is 0 Å². The van der Waals surface area contributed by atoms with Crippen molar-refractivity contribution >= 4 is 5.82 Å². The van der Waals surface area contributed by atoms with Crippen LogP contribution >= 0.6 is 0 Å². The zero-order chi connectivity index (χ0) is 21.3. The van der Waals surface area contributed by atoms with Gasteiger partial charge in [0.05, 0.1) is 25.5 Å². The predicted octanol–water partition coefficient (Wildman–Crippen LogP) is 5.32. The van der Waals surface area contributed by atoms with Gasteiger partial charge in [-0.3, -0.25) is 0 Å². The van der Waals surface area contributed by atoms with Crippen molar-refractivity contribution < 1.29 is 22.6 Å². The molecule has 30 heavy (non-hydrogen) atoms. The molecule has 1 aromatic heterocycles. The summed E-state index contributed by atoms with van der Waals surface area (Å²) < 4.78 is 53.2. The van der Waals surface area contributed by atoms with Crippen LogP contribution in [0.4, 0.5) is 19.0 Å². The fourth-order valence-electron chi connectivity index (χ4n) is 3.79. The molecule has 0 saturated carbocycles. The lowest BCUT2D eigenvalue weighted by Gasteiger charge is -2.15. The number of anilines is 1. The third-order valence-corrected chi connectivity index (χ3v) is 5.23. The maximum Gasteiger partial charge on any atom is 0.418 e. The van der Waals surface area contributed by atoms with Gasteiger partial charge in [-0.05, 0) is 43.5 Å². The molecule has 1 aliphatic rings. The number of para-hydroxylation sites is 1. The topological polar surface area (TPSA) is 48.3 Å². The number of hydrogen-bond donors (Lipinski definition) is 1. The van der Waals surface area contributed by atoms with Crippen molar-refractivity contribution in [3.8, 4) is 28.4 Å². The summed E-state index contributed by atoms with van der Waals surface area (Å²) in [5, 5.41) is 7.93. The minimum absolute atomic E-state index is 0.00521. The smallest absolute Gasteiger partial charge is 0.418 e. The minimum atomic E-state index is -4.49. The number of benzene rings is 2. The summed E-state index contributed by atoms with van der Waals surface area (Å²) in [6.07, 6.45) is -1.94. The fourth-order valence-corrected chi connectivity index (χ4v) is 3.79. The van der Waals surface area contributed by atoms with Crippen molar-refractivity contribution in [1.29, 1.82) is 0 Å². The van der Waals surface area contributed by atoms with Gasteiger partial charge in [-0.25, -0.2) is 4.68 Å². The number of nitrogens with one attached hydrogen (secondary N) is 1. The Hall–Kier alpha value is -3.16. The molecule has 0 spiro atoms. The Bertz CT molecular complexity index is 1060. The number of aromatic nitrogens is 2. The third-order valence-electron chi connectivity index (χ3n) is 5.23. The SMILES string of the molecule is COc1ccc(-c2nn(-c3ccccc3C(F)(F)F)c3c2CCCCN3)c(OC)c1. The predicted molar refractivity (Wildman–Crippen MR) is 109 cm³/mol. The van der Waals surface area contributed by atoms with Crippen molar-refractivity contribution in [2.75, 3.05) is 26.1 Å². The lowest BCUT2D eigenvalue weighted by atomic mass is 10.0. The van der Waals surface area contributed by atoms with Crippen LogP contribution in [0.3, 0.4) is 0 Å². The first-order valence-corrected chi connectivity index (χ1v) is 9.69. The number of fused-ring (bicyclic) bond motifs is 1. The van der Waals surface area contributed by atoms with Gasteiger partial charge < -0.3 is 14.8 Å². The van der Waals surface area contributed by atoms with Gasteiger partial charge in [0.2, 0.25) is 0 Å². The molecule has 1 N–H and O–H groups in total. The Morgan fingerprint density at radius 3 is 2.57 bits per heavy atom. The molecule has 2 heterocycles. The highest BCUT2D eigenvalue weighted by molar-refractivity contribution is 5.76. The number of alkyl halides is 3. The van der Waals surface area contributed by atoms with E-state index in [0.717, 1.165) is 24.5 Å². The molecular weight excluding hydrogens is 395 g/mol.